The average Bonchev–Trinajstić information content (AvgIpc) is 2.88. The number of aromatic hydroxyl groups is 1. The first kappa shape index (κ1) is 17.0. The second kappa shape index (κ2) is 8.34. The van der Waals surface area contributed by atoms with E-state index in [1.165, 1.54) is 49.9 Å². The van der Waals surface area contributed by atoms with Gasteiger partial charge in [-0.3, -0.25) is 4.90 Å². The summed E-state index contributed by atoms with van der Waals surface area (Å²) in [5, 5.41) is 10.2. The second-order valence-electron chi connectivity index (χ2n) is 7.05. The maximum absolute atomic E-state index is 10.2. The van der Waals surface area contributed by atoms with E-state index in [9.17, 15) is 5.11 Å². The van der Waals surface area contributed by atoms with Gasteiger partial charge in [0, 0.05) is 6.04 Å². The largest absolute Gasteiger partial charge is 0.508 e. The molecule has 0 amide bonds. The smallest absolute Gasteiger partial charge is 0.118 e. The fourth-order valence-electron chi connectivity index (χ4n) is 3.85. The molecule has 24 heavy (non-hydrogen) atoms. The van der Waals surface area contributed by atoms with Crippen LogP contribution in [-0.4, -0.2) is 23.1 Å². The minimum Gasteiger partial charge on any atom is -0.508 e. The summed E-state index contributed by atoms with van der Waals surface area (Å²) in [6, 6.07) is 17.3. The van der Waals surface area contributed by atoms with Crippen molar-refractivity contribution in [2.45, 2.75) is 51.5 Å². The van der Waals surface area contributed by atoms with E-state index in [4.69, 9.17) is 0 Å². The van der Waals surface area contributed by atoms with Crippen molar-refractivity contribution in [3.05, 3.63) is 65.2 Å². The van der Waals surface area contributed by atoms with Gasteiger partial charge in [0.05, 0.1) is 0 Å². The Labute approximate surface area is 146 Å². The van der Waals surface area contributed by atoms with Gasteiger partial charge in [-0.05, 0) is 62.9 Å². The molecule has 1 aliphatic rings. The maximum Gasteiger partial charge on any atom is 0.118 e. The van der Waals surface area contributed by atoms with Crippen LogP contribution in [0.25, 0.3) is 0 Å². The van der Waals surface area contributed by atoms with Crippen molar-refractivity contribution in [3.63, 3.8) is 0 Å². The van der Waals surface area contributed by atoms with Crippen molar-refractivity contribution in [2.24, 2.45) is 0 Å². The lowest BCUT2D eigenvalue weighted by molar-refractivity contribution is 0.194. The van der Waals surface area contributed by atoms with E-state index in [-0.39, 0.29) is 0 Å². The number of benzene rings is 2. The average molecular weight is 323 g/mol. The van der Waals surface area contributed by atoms with Crippen LogP contribution < -0.4 is 0 Å². The van der Waals surface area contributed by atoms with Gasteiger partial charge in [-0.1, -0.05) is 60.9 Å². The van der Waals surface area contributed by atoms with Gasteiger partial charge < -0.3 is 5.11 Å². The Morgan fingerprint density at radius 2 is 1.67 bits per heavy atom. The molecule has 0 radical (unpaired) electrons. The first-order chi connectivity index (χ1) is 11.7. The number of aryl methyl sites for hydroxylation is 2. The zero-order valence-corrected chi connectivity index (χ0v) is 14.7. The molecule has 2 heteroatoms. The Hall–Kier alpha value is -1.80. The molecule has 1 unspecified atom stereocenters. The van der Waals surface area contributed by atoms with E-state index in [2.05, 4.69) is 48.2 Å². The van der Waals surface area contributed by atoms with Gasteiger partial charge in [0.1, 0.15) is 5.75 Å². The highest BCUT2D eigenvalue weighted by Gasteiger charge is 2.21. The third kappa shape index (κ3) is 4.39. The maximum atomic E-state index is 10.2. The van der Waals surface area contributed by atoms with Crippen molar-refractivity contribution in [1.29, 1.82) is 0 Å². The van der Waals surface area contributed by atoms with Crippen molar-refractivity contribution < 1.29 is 5.11 Å². The van der Waals surface area contributed by atoms with E-state index >= 15 is 0 Å². The highest BCUT2D eigenvalue weighted by atomic mass is 16.3. The quantitative estimate of drug-likeness (QED) is 0.812. The van der Waals surface area contributed by atoms with Crippen molar-refractivity contribution in [3.8, 4) is 5.75 Å². The van der Waals surface area contributed by atoms with E-state index in [0.717, 1.165) is 18.4 Å². The minimum absolute atomic E-state index is 0.434. The zero-order valence-electron chi connectivity index (χ0n) is 14.7. The van der Waals surface area contributed by atoms with Gasteiger partial charge in [-0.15, -0.1) is 0 Å². The van der Waals surface area contributed by atoms with Gasteiger partial charge in [0.15, 0.2) is 0 Å². The van der Waals surface area contributed by atoms with E-state index in [0.29, 0.717) is 11.8 Å². The lowest BCUT2D eigenvalue weighted by Crippen LogP contribution is -2.30. The van der Waals surface area contributed by atoms with E-state index in [1.807, 2.05) is 12.1 Å². The summed E-state index contributed by atoms with van der Waals surface area (Å²) < 4.78 is 0. The summed E-state index contributed by atoms with van der Waals surface area (Å²) in [5.74, 6) is 0.434. The van der Waals surface area contributed by atoms with Gasteiger partial charge in [-0.2, -0.15) is 0 Å². The first-order valence-electron chi connectivity index (χ1n) is 9.31. The molecule has 0 saturated carbocycles. The summed E-state index contributed by atoms with van der Waals surface area (Å²) in [6.07, 6.45) is 7.30. The lowest BCUT2D eigenvalue weighted by atomic mass is 9.96. The number of hydrogen-bond donors (Lipinski definition) is 1. The van der Waals surface area contributed by atoms with Crippen LogP contribution in [-0.2, 0) is 6.42 Å². The molecule has 128 valence electrons. The molecule has 0 aliphatic carbocycles. The van der Waals surface area contributed by atoms with Crippen LogP contribution in [0, 0.1) is 6.92 Å². The highest BCUT2D eigenvalue weighted by Crippen LogP contribution is 2.30. The van der Waals surface area contributed by atoms with Crippen LogP contribution in [0.5, 0.6) is 5.75 Å². The topological polar surface area (TPSA) is 23.5 Å². The fourth-order valence-corrected chi connectivity index (χ4v) is 3.85. The van der Waals surface area contributed by atoms with Crippen molar-refractivity contribution in [2.75, 3.05) is 13.1 Å². The molecule has 0 bridgehead atoms. The summed E-state index contributed by atoms with van der Waals surface area (Å²) >= 11 is 0. The van der Waals surface area contributed by atoms with Crippen molar-refractivity contribution >= 4 is 0 Å². The highest BCUT2D eigenvalue weighted by molar-refractivity contribution is 5.36. The number of likely N-dealkylation sites (tertiary alicyclic amines) is 1. The summed E-state index contributed by atoms with van der Waals surface area (Å²) in [4.78, 5) is 2.66. The molecule has 0 spiro atoms. The van der Waals surface area contributed by atoms with Gasteiger partial charge in [0.25, 0.3) is 0 Å². The SMILES string of the molecule is Cc1ccc(O)c(CCC(c2ccccc2)N2CCCCCC2)c1. The molecule has 1 aliphatic heterocycles. The standard InChI is InChI=1S/C22H29NO/c1-18-11-14-22(24)20(17-18)12-13-21(19-9-5-4-6-10-19)23-15-7-2-3-8-16-23/h4-6,9-11,14,17,21,24H,2-3,7-8,12-13,15-16H2,1H3. The zero-order chi connectivity index (χ0) is 16.8. The number of nitrogens with zero attached hydrogens (tertiary/aromatic N) is 1. The number of hydrogen-bond acceptors (Lipinski definition) is 2. The molecule has 0 aromatic heterocycles. The van der Waals surface area contributed by atoms with Crippen LogP contribution in [0.1, 0.15) is 54.8 Å². The number of phenols is 1. The van der Waals surface area contributed by atoms with Gasteiger partial charge >= 0.3 is 0 Å². The third-order valence-corrected chi connectivity index (χ3v) is 5.19. The van der Waals surface area contributed by atoms with Gasteiger partial charge in [0.2, 0.25) is 0 Å². The second-order valence-corrected chi connectivity index (χ2v) is 7.05. The normalized spacial score (nSPS) is 17.4. The fraction of sp³-hybridized carbons (Fsp3) is 0.455. The molecule has 1 atom stereocenters. The minimum atomic E-state index is 0.434. The van der Waals surface area contributed by atoms with E-state index < -0.39 is 0 Å². The van der Waals surface area contributed by atoms with Crippen LogP contribution in [0.2, 0.25) is 0 Å². The predicted molar refractivity (Wildman–Crippen MR) is 100 cm³/mol. The molecular formula is C22H29NO. The monoisotopic (exact) mass is 323 g/mol. The Kier molecular flexibility index (Phi) is 5.92. The Morgan fingerprint density at radius 1 is 0.958 bits per heavy atom. The lowest BCUT2D eigenvalue weighted by Gasteiger charge is -2.31. The van der Waals surface area contributed by atoms with Crippen LogP contribution in [0.3, 0.4) is 0 Å². The molecular weight excluding hydrogens is 294 g/mol. The van der Waals surface area contributed by atoms with Crippen LogP contribution in [0.15, 0.2) is 48.5 Å². The predicted octanol–water partition coefficient (Wildman–Crippen LogP) is 5.25. The van der Waals surface area contributed by atoms with Crippen LogP contribution >= 0.6 is 0 Å². The van der Waals surface area contributed by atoms with Crippen LogP contribution in [0.4, 0.5) is 0 Å². The summed E-state index contributed by atoms with van der Waals surface area (Å²) in [6.45, 7) is 4.48. The summed E-state index contributed by atoms with van der Waals surface area (Å²) in [7, 11) is 0. The Bertz CT molecular complexity index is 630. The van der Waals surface area contributed by atoms with Gasteiger partial charge in [-0.25, -0.2) is 0 Å². The Morgan fingerprint density at radius 3 is 2.38 bits per heavy atom. The molecule has 1 N–H and O–H groups in total. The molecule has 2 aromatic carbocycles. The molecule has 2 nitrogen and oxygen atoms in total. The molecule has 2 aromatic rings. The first-order valence-corrected chi connectivity index (χ1v) is 9.31. The van der Waals surface area contributed by atoms with Crippen molar-refractivity contribution in [1.82, 2.24) is 4.90 Å². The van der Waals surface area contributed by atoms with E-state index in [1.54, 1.807) is 0 Å². The number of phenolic OH excluding ortho intramolecular Hbond substituents is 1. The Balaban J connectivity index is 1.78. The number of rotatable bonds is 5. The summed E-state index contributed by atoms with van der Waals surface area (Å²) in [5.41, 5.74) is 3.70. The molecule has 1 saturated heterocycles. The third-order valence-electron chi connectivity index (χ3n) is 5.19. The molecule has 3 rings (SSSR count). The molecule has 1 heterocycles. The molecule has 1 fully saturated rings.